The van der Waals surface area contributed by atoms with Gasteiger partial charge in [-0.15, -0.1) is 0 Å². The molecule has 0 saturated carbocycles. The van der Waals surface area contributed by atoms with E-state index in [1.807, 2.05) is 19.1 Å². The van der Waals surface area contributed by atoms with Gasteiger partial charge in [0.05, 0.1) is 17.5 Å². The number of rotatable bonds is 2. The molecule has 100 valence electrons. The highest BCUT2D eigenvalue weighted by Gasteiger charge is 2.36. The van der Waals surface area contributed by atoms with Crippen LogP contribution < -0.4 is 16.9 Å². The van der Waals surface area contributed by atoms with E-state index in [0.29, 0.717) is 5.69 Å². The third-order valence-corrected chi connectivity index (χ3v) is 3.46. The Hall–Kier alpha value is -2.37. The first-order valence-corrected chi connectivity index (χ1v) is 5.94. The van der Waals surface area contributed by atoms with Crippen LogP contribution in [0.15, 0.2) is 23.2 Å². The summed E-state index contributed by atoms with van der Waals surface area (Å²) in [4.78, 5) is 17.7. The zero-order chi connectivity index (χ0) is 14.2. The van der Waals surface area contributed by atoms with Gasteiger partial charge in [-0.25, -0.2) is 4.99 Å². The molecule has 6 N–H and O–H groups in total. The molecule has 1 aliphatic rings. The molecule has 0 bridgehead atoms. The fraction of sp³-hybridized carbons (Fsp3) is 0.308. The number of anilines is 1. The lowest BCUT2D eigenvalue weighted by molar-refractivity contribution is -0.128. The van der Waals surface area contributed by atoms with E-state index in [1.54, 1.807) is 13.1 Å². The molecular formula is C13H18N5O+. The van der Waals surface area contributed by atoms with Gasteiger partial charge in [0, 0.05) is 12.7 Å². The zero-order valence-electron chi connectivity index (χ0n) is 11.1. The standard InChI is InChI=1S/C13H17N5O/c1-13(6-11(19)18(2)12(16)17-13)9-4-3-8(7-14)10(15)5-9/h3-5,7,14H,6,15H2,1-2H3,(H2,16,17)/p+1/t13-/m0/s1. The normalized spacial score (nSPS) is 23.2. The molecule has 0 aliphatic carbocycles. The van der Waals surface area contributed by atoms with Crippen molar-refractivity contribution in [2.75, 3.05) is 12.8 Å². The molecule has 0 fully saturated rings. The van der Waals surface area contributed by atoms with Crippen LogP contribution in [0.1, 0.15) is 24.5 Å². The van der Waals surface area contributed by atoms with E-state index < -0.39 is 5.54 Å². The number of nitrogen functional groups attached to an aromatic ring is 1. The minimum atomic E-state index is -0.686. The molecule has 1 aromatic rings. The van der Waals surface area contributed by atoms with Gasteiger partial charge < -0.3 is 11.5 Å². The summed E-state index contributed by atoms with van der Waals surface area (Å²) in [5, 5.41) is 5.46. The van der Waals surface area contributed by atoms with E-state index in [1.165, 1.54) is 11.1 Å². The van der Waals surface area contributed by atoms with E-state index in [4.69, 9.17) is 16.9 Å². The Morgan fingerprint density at radius 1 is 1.47 bits per heavy atom. The maximum Gasteiger partial charge on any atom is 0.231 e. The minimum absolute atomic E-state index is 0.0666. The summed E-state index contributed by atoms with van der Waals surface area (Å²) in [6.45, 7) is 1.87. The molecule has 1 aliphatic heterocycles. The van der Waals surface area contributed by atoms with Crippen LogP contribution in [0, 0.1) is 0 Å². The number of hydrogen-bond acceptors (Lipinski definition) is 4. The number of hydrogen-bond donors (Lipinski definition) is 3. The monoisotopic (exact) mass is 260 g/mol. The van der Waals surface area contributed by atoms with Crippen LogP contribution in [0.5, 0.6) is 0 Å². The van der Waals surface area contributed by atoms with Gasteiger partial charge in [0.15, 0.2) is 12.2 Å². The third-order valence-electron chi connectivity index (χ3n) is 3.46. The van der Waals surface area contributed by atoms with Crippen molar-refractivity contribution in [1.29, 1.82) is 0 Å². The summed E-state index contributed by atoms with van der Waals surface area (Å²) in [6.07, 6.45) is 1.70. The van der Waals surface area contributed by atoms with Crippen LogP contribution in [0.4, 0.5) is 5.69 Å². The predicted molar refractivity (Wildman–Crippen MR) is 74.3 cm³/mol. The average Bonchev–Trinajstić information content (AvgIpc) is 2.35. The number of aliphatic imine (C=N–C) groups is 1. The number of benzene rings is 1. The average molecular weight is 260 g/mol. The second-order valence-electron chi connectivity index (χ2n) is 4.88. The fourth-order valence-electron chi connectivity index (χ4n) is 2.14. The smallest absolute Gasteiger partial charge is 0.231 e. The second kappa shape index (κ2) is 4.38. The summed E-state index contributed by atoms with van der Waals surface area (Å²) in [7, 11) is 1.61. The van der Waals surface area contributed by atoms with Gasteiger partial charge >= 0.3 is 0 Å². The highest BCUT2D eigenvalue weighted by molar-refractivity contribution is 5.98. The molecule has 6 nitrogen and oxygen atoms in total. The molecule has 2 rings (SSSR count). The Bertz CT molecular complexity index is 580. The summed E-state index contributed by atoms with van der Waals surface area (Å²) < 4.78 is 0. The number of amides is 1. The van der Waals surface area contributed by atoms with Gasteiger partial charge in [0.2, 0.25) is 5.91 Å². The first-order chi connectivity index (χ1) is 8.87. The van der Waals surface area contributed by atoms with Crippen LogP contribution in [-0.2, 0) is 10.3 Å². The molecule has 1 aromatic carbocycles. The molecule has 1 heterocycles. The van der Waals surface area contributed by atoms with Gasteiger partial charge in [0.25, 0.3) is 0 Å². The van der Waals surface area contributed by atoms with E-state index >= 15 is 0 Å². The SMILES string of the molecule is CN1C(=O)C[C@@](C)(c2ccc(C=[NH2+])c(N)c2)N=C1N. The van der Waals surface area contributed by atoms with Crippen molar-refractivity contribution in [2.24, 2.45) is 10.7 Å². The van der Waals surface area contributed by atoms with Crippen LogP contribution in [0.2, 0.25) is 0 Å². The lowest BCUT2D eigenvalue weighted by atomic mass is 9.87. The molecule has 1 amide bonds. The van der Waals surface area contributed by atoms with Gasteiger partial charge in [-0.05, 0) is 24.6 Å². The van der Waals surface area contributed by atoms with Crippen molar-refractivity contribution in [2.45, 2.75) is 18.9 Å². The number of carbonyl (C=O) groups excluding carboxylic acids is 1. The van der Waals surface area contributed by atoms with Crippen LogP contribution in [0.25, 0.3) is 0 Å². The number of carbonyl (C=O) groups is 1. The molecule has 0 saturated heterocycles. The molecule has 19 heavy (non-hydrogen) atoms. The quantitative estimate of drug-likeness (QED) is 0.460. The second-order valence-corrected chi connectivity index (χ2v) is 4.88. The maximum absolute atomic E-state index is 11.9. The van der Waals surface area contributed by atoms with Crippen molar-refractivity contribution < 1.29 is 10.2 Å². The predicted octanol–water partition coefficient (Wildman–Crippen LogP) is -1.16. The Morgan fingerprint density at radius 3 is 2.68 bits per heavy atom. The number of guanidine groups is 1. The van der Waals surface area contributed by atoms with Crippen LogP contribution in [0.3, 0.4) is 0 Å². The fourth-order valence-corrected chi connectivity index (χ4v) is 2.14. The van der Waals surface area contributed by atoms with E-state index in [-0.39, 0.29) is 18.3 Å². The summed E-state index contributed by atoms with van der Waals surface area (Å²) >= 11 is 0. The van der Waals surface area contributed by atoms with Crippen molar-refractivity contribution in [1.82, 2.24) is 4.90 Å². The first kappa shape index (κ1) is 13.1. The van der Waals surface area contributed by atoms with E-state index in [2.05, 4.69) is 4.99 Å². The number of nitrogens with zero attached hydrogens (tertiary/aromatic N) is 2. The lowest BCUT2D eigenvalue weighted by Gasteiger charge is -2.33. The van der Waals surface area contributed by atoms with Crippen molar-refractivity contribution in [3.8, 4) is 0 Å². The minimum Gasteiger partial charge on any atom is -0.398 e. The summed E-state index contributed by atoms with van der Waals surface area (Å²) in [6, 6.07) is 5.46. The number of nitrogens with two attached hydrogens (primary N) is 3. The van der Waals surface area contributed by atoms with Crippen LogP contribution >= 0.6 is 0 Å². The first-order valence-electron chi connectivity index (χ1n) is 5.94. The molecule has 0 radical (unpaired) electrons. The maximum atomic E-state index is 11.9. The topological polar surface area (TPSA) is 110 Å². The van der Waals surface area contributed by atoms with Crippen molar-refractivity contribution >= 4 is 23.8 Å². The Kier molecular flexibility index (Phi) is 3.01. The summed E-state index contributed by atoms with van der Waals surface area (Å²) in [5.74, 6) is 0.148. The largest absolute Gasteiger partial charge is 0.398 e. The highest BCUT2D eigenvalue weighted by Crippen LogP contribution is 2.34. The molecule has 0 unspecified atom stereocenters. The van der Waals surface area contributed by atoms with Crippen molar-refractivity contribution in [3.63, 3.8) is 0 Å². The highest BCUT2D eigenvalue weighted by atomic mass is 16.2. The molecule has 1 atom stereocenters. The van der Waals surface area contributed by atoms with Gasteiger partial charge in [-0.3, -0.25) is 15.1 Å². The van der Waals surface area contributed by atoms with Crippen molar-refractivity contribution in [3.05, 3.63) is 29.3 Å². The Balaban J connectivity index is 2.48. The molecule has 6 heteroatoms. The van der Waals surface area contributed by atoms with E-state index in [9.17, 15) is 4.79 Å². The molecular weight excluding hydrogens is 242 g/mol. The van der Waals surface area contributed by atoms with Gasteiger partial charge in [-0.2, -0.15) is 0 Å². The van der Waals surface area contributed by atoms with E-state index in [0.717, 1.165) is 11.1 Å². The molecule has 0 spiro atoms. The van der Waals surface area contributed by atoms with Crippen LogP contribution in [-0.4, -0.2) is 30.0 Å². The zero-order valence-corrected chi connectivity index (χ0v) is 11.1. The van der Waals surface area contributed by atoms with Gasteiger partial charge in [-0.1, -0.05) is 6.07 Å². The molecule has 0 aromatic heterocycles. The lowest BCUT2D eigenvalue weighted by Crippen LogP contribution is -2.47. The summed E-state index contributed by atoms with van der Waals surface area (Å²) in [5.41, 5.74) is 13.2. The Morgan fingerprint density at radius 2 is 2.16 bits per heavy atom. The van der Waals surface area contributed by atoms with Gasteiger partial charge in [0.1, 0.15) is 0 Å². The third kappa shape index (κ3) is 2.16. The Labute approximate surface area is 111 Å².